The minimum Gasteiger partial charge on any atom is -0.323 e. The number of hydrogen-bond donors (Lipinski definition) is 1. The van der Waals surface area contributed by atoms with E-state index in [1.165, 1.54) is 0 Å². The molecule has 2 aliphatic rings. The minimum atomic E-state index is -0.934. The molecule has 1 N–H and O–H groups in total. The van der Waals surface area contributed by atoms with E-state index in [4.69, 9.17) is 0 Å². The molecule has 1 aromatic carbocycles. The van der Waals surface area contributed by atoms with Crippen LogP contribution in [0.25, 0.3) is 0 Å². The molecule has 1 aromatic rings. The monoisotopic (exact) mass is 313 g/mol. The van der Waals surface area contributed by atoms with Gasteiger partial charge in [0.2, 0.25) is 0 Å². The van der Waals surface area contributed by atoms with E-state index in [-0.39, 0.29) is 11.9 Å². The quantitative estimate of drug-likeness (QED) is 0.872. The molecule has 2 heterocycles. The topological polar surface area (TPSA) is 61.8 Å². The predicted molar refractivity (Wildman–Crippen MR) is 90.9 cm³/mol. The van der Waals surface area contributed by atoms with Crippen LogP contribution in [0.5, 0.6) is 0 Å². The van der Waals surface area contributed by atoms with E-state index >= 15 is 0 Å². The van der Waals surface area contributed by atoms with Crippen LogP contribution in [0.4, 0.5) is 10.5 Å². The largest absolute Gasteiger partial charge is 0.345 e. The highest BCUT2D eigenvalue weighted by Crippen LogP contribution is 2.40. The predicted octanol–water partition coefficient (Wildman–Crippen LogP) is 3.59. The van der Waals surface area contributed by atoms with Crippen LogP contribution in [0.2, 0.25) is 0 Å². The summed E-state index contributed by atoms with van der Waals surface area (Å²) in [7, 11) is 0. The Balaban J connectivity index is 2.10. The van der Waals surface area contributed by atoms with Crippen molar-refractivity contribution < 1.29 is 9.59 Å². The normalized spacial score (nSPS) is 22.5. The van der Waals surface area contributed by atoms with Crippen molar-refractivity contribution >= 4 is 23.3 Å². The third-order valence-electron chi connectivity index (χ3n) is 4.72. The molecule has 23 heavy (non-hydrogen) atoms. The molecule has 0 saturated carbocycles. The fourth-order valence-corrected chi connectivity index (χ4v) is 3.48. The molecule has 0 fully saturated rings. The second-order valence-corrected chi connectivity index (χ2v) is 6.21. The van der Waals surface area contributed by atoms with Gasteiger partial charge in [0.25, 0.3) is 5.91 Å². The van der Waals surface area contributed by atoms with Crippen molar-refractivity contribution in [3.05, 3.63) is 29.8 Å². The summed E-state index contributed by atoms with van der Waals surface area (Å²) in [5, 5.41) is 2.99. The van der Waals surface area contributed by atoms with Gasteiger partial charge in [-0.3, -0.25) is 4.79 Å². The summed E-state index contributed by atoms with van der Waals surface area (Å²) in [5.41, 5.74) is 1.31. The maximum absolute atomic E-state index is 13.0. The van der Waals surface area contributed by atoms with E-state index in [9.17, 15) is 9.59 Å². The number of nitrogens with one attached hydrogen (secondary N) is 1. The molecule has 1 atom stereocenters. The second-order valence-electron chi connectivity index (χ2n) is 6.21. The van der Waals surface area contributed by atoms with Gasteiger partial charge in [0.1, 0.15) is 0 Å². The Bertz CT molecular complexity index is 668. The van der Waals surface area contributed by atoms with Crippen molar-refractivity contribution in [1.82, 2.24) is 4.90 Å². The molecule has 2 aliphatic heterocycles. The van der Waals surface area contributed by atoms with E-state index in [0.717, 1.165) is 36.9 Å². The Morgan fingerprint density at radius 1 is 1.13 bits per heavy atom. The van der Waals surface area contributed by atoms with Gasteiger partial charge in [-0.15, -0.1) is 0 Å². The van der Waals surface area contributed by atoms with Crippen LogP contribution < -0.4 is 5.32 Å². The molecule has 5 nitrogen and oxygen atoms in total. The lowest BCUT2D eigenvalue weighted by atomic mass is 9.79. The number of nitrogens with zero attached hydrogens (tertiary/aromatic N) is 2. The number of anilines is 1. The first-order valence-corrected chi connectivity index (χ1v) is 8.46. The summed E-state index contributed by atoms with van der Waals surface area (Å²) in [6, 6.07) is 7.31. The first-order valence-electron chi connectivity index (χ1n) is 8.46. The number of fused-ring (bicyclic) bond motifs is 3. The molecule has 0 aromatic heterocycles. The van der Waals surface area contributed by atoms with Crippen molar-refractivity contribution in [2.75, 3.05) is 11.9 Å². The maximum Gasteiger partial charge on any atom is 0.345 e. The van der Waals surface area contributed by atoms with E-state index in [1.54, 1.807) is 4.90 Å². The van der Waals surface area contributed by atoms with Gasteiger partial charge in [-0.1, -0.05) is 51.3 Å². The van der Waals surface area contributed by atoms with Gasteiger partial charge in [0, 0.05) is 12.1 Å². The van der Waals surface area contributed by atoms with Crippen LogP contribution in [-0.4, -0.2) is 34.6 Å². The van der Waals surface area contributed by atoms with Crippen LogP contribution in [0.15, 0.2) is 29.3 Å². The smallest absolute Gasteiger partial charge is 0.323 e. The Hall–Kier alpha value is -2.17. The van der Waals surface area contributed by atoms with Crippen molar-refractivity contribution in [2.24, 2.45) is 4.99 Å². The van der Waals surface area contributed by atoms with Crippen molar-refractivity contribution in [3.63, 3.8) is 0 Å². The van der Waals surface area contributed by atoms with Crippen molar-refractivity contribution in [3.8, 4) is 0 Å². The number of aliphatic imine (C=N–C) groups is 1. The van der Waals surface area contributed by atoms with Gasteiger partial charge in [0.15, 0.2) is 5.54 Å². The van der Waals surface area contributed by atoms with E-state index in [2.05, 4.69) is 24.2 Å². The lowest BCUT2D eigenvalue weighted by molar-refractivity contribution is -0.123. The number of carbonyl (C=O) groups excluding carboxylic acids is 2. The Kier molecular flexibility index (Phi) is 4.20. The summed E-state index contributed by atoms with van der Waals surface area (Å²) in [6.45, 7) is 4.74. The van der Waals surface area contributed by atoms with Gasteiger partial charge in [-0.05, 0) is 18.9 Å². The lowest BCUT2D eigenvalue weighted by Gasteiger charge is -2.41. The molecule has 122 valence electrons. The molecule has 0 bridgehead atoms. The number of rotatable bonds is 6. The van der Waals surface area contributed by atoms with Gasteiger partial charge >= 0.3 is 6.03 Å². The zero-order chi connectivity index (χ0) is 16.4. The fraction of sp³-hybridized carbons (Fsp3) is 0.500. The third kappa shape index (κ3) is 2.35. The number of carbonyl (C=O) groups is 2. The van der Waals surface area contributed by atoms with Gasteiger partial charge in [-0.25, -0.2) is 4.79 Å². The molecule has 0 saturated heterocycles. The van der Waals surface area contributed by atoms with Crippen LogP contribution in [0.1, 0.15) is 51.5 Å². The number of para-hydroxylation sites is 1. The molecule has 3 rings (SSSR count). The summed E-state index contributed by atoms with van der Waals surface area (Å²) >= 11 is 0. The molecular formula is C18H23N3O2. The van der Waals surface area contributed by atoms with Gasteiger partial charge in [-0.2, -0.15) is 4.99 Å². The average molecular weight is 313 g/mol. The Labute approximate surface area is 136 Å². The fourth-order valence-electron chi connectivity index (χ4n) is 3.48. The number of amides is 3. The van der Waals surface area contributed by atoms with Crippen molar-refractivity contribution in [2.45, 2.75) is 51.5 Å². The highest BCUT2D eigenvalue weighted by Gasteiger charge is 2.57. The van der Waals surface area contributed by atoms with E-state index in [0.29, 0.717) is 18.7 Å². The van der Waals surface area contributed by atoms with E-state index in [1.807, 2.05) is 24.3 Å². The summed E-state index contributed by atoms with van der Waals surface area (Å²) in [5.74, 6) is -0.120. The van der Waals surface area contributed by atoms with Gasteiger partial charge < -0.3 is 10.2 Å². The molecule has 0 spiro atoms. The summed E-state index contributed by atoms with van der Waals surface area (Å²) in [4.78, 5) is 31.5. The molecule has 0 aliphatic carbocycles. The molecule has 5 heteroatoms. The molecular weight excluding hydrogens is 290 g/mol. The number of unbranched alkanes of at least 4 members (excludes halogenated alkanes) is 2. The minimum absolute atomic E-state index is 0.120. The average Bonchev–Trinajstić information content (AvgIpc) is 2.84. The first kappa shape index (κ1) is 15.7. The molecule has 1 unspecified atom stereocenters. The standard InChI is InChI=1S/C18H23N3O2/c1-3-5-11-18-15(20-17(23)21(18)12-6-4-2)13-9-7-8-10-14(13)19-16(18)22/h7-10H,3-6,11-12H2,1-2H3,(H,19,22). The first-order chi connectivity index (χ1) is 11.1. The number of hydrogen-bond acceptors (Lipinski definition) is 2. The van der Waals surface area contributed by atoms with Gasteiger partial charge in [0.05, 0.1) is 11.4 Å². The number of urea groups is 1. The van der Waals surface area contributed by atoms with Crippen LogP contribution in [0.3, 0.4) is 0 Å². The highest BCUT2D eigenvalue weighted by molar-refractivity contribution is 6.34. The highest BCUT2D eigenvalue weighted by atomic mass is 16.2. The summed E-state index contributed by atoms with van der Waals surface area (Å²) in [6.07, 6.45) is 4.32. The number of benzene rings is 1. The third-order valence-corrected chi connectivity index (χ3v) is 4.72. The second kappa shape index (κ2) is 6.14. The maximum atomic E-state index is 13.0. The van der Waals surface area contributed by atoms with E-state index < -0.39 is 5.54 Å². The SMILES string of the molecule is CCCCN1C(=O)N=C2c3ccccc3NC(=O)C21CCCC. The van der Waals surface area contributed by atoms with Crippen LogP contribution in [-0.2, 0) is 4.79 Å². The van der Waals surface area contributed by atoms with Crippen LogP contribution in [0, 0.1) is 0 Å². The zero-order valence-corrected chi connectivity index (χ0v) is 13.8. The zero-order valence-electron chi connectivity index (χ0n) is 13.8. The Morgan fingerprint density at radius 2 is 1.87 bits per heavy atom. The lowest BCUT2D eigenvalue weighted by Crippen LogP contribution is -2.61. The summed E-state index contributed by atoms with van der Waals surface area (Å²) < 4.78 is 0. The van der Waals surface area contributed by atoms with Crippen molar-refractivity contribution in [1.29, 1.82) is 0 Å². The van der Waals surface area contributed by atoms with Crippen LogP contribution >= 0.6 is 0 Å². The molecule has 0 radical (unpaired) electrons. The Morgan fingerprint density at radius 3 is 2.61 bits per heavy atom. The molecule has 3 amide bonds.